The monoisotopic (exact) mass is 543 g/mol. The molecule has 0 saturated carbocycles. The highest BCUT2D eigenvalue weighted by atomic mass is 16.5. The zero-order valence-corrected chi connectivity index (χ0v) is 25.7. The summed E-state index contributed by atoms with van der Waals surface area (Å²) >= 11 is 0. The standard InChI is InChI=1S/C19H22N2O.C14H21NO.C2H6/c1-4-10-22-19-9-7-15(11-14(19)5-2)16-6-8-17-18(12-16)21-13(3)20-17;1-3-4-5-6-13-7-9-14(10-8-13)11-15-12(2)16;1-2/h6-9,11-12H,4-5,10H2,1-3H3,(H,20,21);7-10H,3-6,11H2,1-2H3,(H,15,16);1-2H3. The number of rotatable bonds is 11. The fraction of sp³-hybridized carbons (Fsp3) is 0.429. The van der Waals surface area contributed by atoms with Crippen molar-refractivity contribution in [3.8, 4) is 16.9 Å². The molecule has 0 bridgehead atoms. The predicted octanol–water partition coefficient (Wildman–Crippen LogP) is 8.97. The van der Waals surface area contributed by atoms with Crippen molar-refractivity contribution in [3.63, 3.8) is 0 Å². The van der Waals surface area contributed by atoms with Crippen LogP contribution in [0.3, 0.4) is 0 Å². The zero-order chi connectivity index (χ0) is 29.3. The van der Waals surface area contributed by atoms with Crippen LogP contribution in [0.15, 0.2) is 60.7 Å². The molecule has 40 heavy (non-hydrogen) atoms. The van der Waals surface area contributed by atoms with Gasteiger partial charge in [-0.15, -0.1) is 0 Å². The Morgan fingerprint density at radius 1 is 0.875 bits per heavy atom. The molecule has 4 aromatic rings. The molecule has 0 aliphatic carbocycles. The first-order valence-corrected chi connectivity index (χ1v) is 15.0. The van der Waals surface area contributed by atoms with Gasteiger partial charge in [0, 0.05) is 13.5 Å². The first kappa shape index (κ1) is 32.6. The average molecular weight is 544 g/mol. The number of H-pyrrole nitrogens is 1. The van der Waals surface area contributed by atoms with Gasteiger partial charge < -0.3 is 15.0 Å². The van der Waals surface area contributed by atoms with E-state index < -0.39 is 0 Å². The number of aromatic amines is 1. The van der Waals surface area contributed by atoms with Gasteiger partial charge >= 0.3 is 0 Å². The highest BCUT2D eigenvalue weighted by Gasteiger charge is 2.07. The number of hydrogen-bond donors (Lipinski definition) is 2. The van der Waals surface area contributed by atoms with Crippen LogP contribution in [0.4, 0.5) is 0 Å². The molecule has 0 atom stereocenters. The molecule has 1 amide bonds. The second-order valence-corrected chi connectivity index (χ2v) is 9.76. The van der Waals surface area contributed by atoms with E-state index in [2.05, 4.69) is 96.7 Å². The lowest BCUT2D eigenvalue weighted by Gasteiger charge is -2.12. The van der Waals surface area contributed by atoms with E-state index in [9.17, 15) is 4.79 Å². The number of aryl methyl sites for hydroxylation is 3. The Bertz CT molecular complexity index is 1290. The van der Waals surface area contributed by atoms with Gasteiger partial charge in [0.15, 0.2) is 0 Å². The van der Waals surface area contributed by atoms with E-state index in [0.717, 1.165) is 54.0 Å². The Labute approximate surface area is 241 Å². The molecule has 0 aliphatic rings. The van der Waals surface area contributed by atoms with Crippen LogP contribution in [0.2, 0.25) is 0 Å². The minimum atomic E-state index is 0.0204. The zero-order valence-electron chi connectivity index (χ0n) is 25.7. The predicted molar refractivity (Wildman–Crippen MR) is 170 cm³/mol. The molecule has 0 aliphatic heterocycles. The Morgan fingerprint density at radius 3 is 2.20 bits per heavy atom. The van der Waals surface area contributed by atoms with E-state index in [4.69, 9.17) is 4.74 Å². The van der Waals surface area contributed by atoms with Crippen LogP contribution in [0.5, 0.6) is 5.75 Å². The SMILES string of the molecule is CC.CCCCCc1ccc(CNC(C)=O)cc1.CCCOc1ccc(-c2ccc3nc(C)[nH]c3c2)cc1CC. The summed E-state index contributed by atoms with van der Waals surface area (Å²) in [5.74, 6) is 1.98. The molecule has 5 nitrogen and oxygen atoms in total. The number of ether oxygens (including phenoxy) is 1. The van der Waals surface area contributed by atoms with Crippen LogP contribution in [0, 0.1) is 6.92 Å². The summed E-state index contributed by atoms with van der Waals surface area (Å²) in [6.45, 7) is 15.4. The lowest BCUT2D eigenvalue weighted by molar-refractivity contribution is -0.119. The number of nitrogens with one attached hydrogen (secondary N) is 2. The van der Waals surface area contributed by atoms with Crippen molar-refractivity contribution in [3.05, 3.63) is 83.2 Å². The second kappa shape index (κ2) is 17.9. The molecule has 0 saturated heterocycles. The van der Waals surface area contributed by atoms with Gasteiger partial charge in [0.1, 0.15) is 11.6 Å². The number of fused-ring (bicyclic) bond motifs is 1. The summed E-state index contributed by atoms with van der Waals surface area (Å²) in [4.78, 5) is 18.5. The molecule has 0 fully saturated rings. The Balaban J connectivity index is 0.000000277. The topological polar surface area (TPSA) is 67.0 Å². The van der Waals surface area contributed by atoms with E-state index in [0.29, 0.717) is 6.54 Å². The highest BCUT2D eigenvalue weighted by molar-refractivity contribution is 5.82. The second-order valence-electron chi connectivity index (χ2n) is 9.76. The van der Waals surface area contributed by atoms with Gasteiger partial charge in [0.2, 0.25) is 5.91 Å². The van der Waals surface area contributed by atoms with Crippen molar-refractivity contribution in [1.82, 2.24) is 15.3 Å². The van der Waals surface area contributed by atoms with Crippen LogP contribution in [0.1, 0.15) is 89.7 Å². The number of amides is 1. The molecule has 5 heteroatoms. The van der Waals surface area contributed by atoms with Crippen LogP contribution < -0.4 is 10.1 Å². The number of nitrogens with zero attached hydrogens (tertiary/aromatic N) is 1. The molecular weight excluding hydrogens is 494 g/mol. The molecule has 1 aromatic heterocycles. The van der Waals surface area contributed by atoms with Crippen molar-refractivity contribution in [2.45, 2.75) is 93.5 Å². The molecule has 0 radical (unpaired) electrons. The van der Waals surface area contributed by atoms with Crippen LogP contribution in [0.25, 0.3) is 22.2 Å². The quantitative estimate of drug-likeness (QED) is 0.186. The number of benzene rings is 3. The fourth-order valence-corrected chi connectivity index (χ4v) is 4.33. The van der Waals surface area contributed by atoms with E-state index >= 15 is 0 Å². The number of imidazole rings is 1. The largest absolute Gasteiger partial charge is 0.493 e. The van der Waals surface area contributed by atoms with Crippen molar-refractivity contribution in [2.75, 3.05) is 6.61 Å². The maximum absolute atomic E-state index is 10.7. The van der Waals surface area contributed by atoms with Crippen molar-refractivity contribution < 1.29 is 9.53 Å². The van der Waals surface area contributed by atoms with Gasteiger partial charge in [-0.3, -0.25) is 4.79 Å². The number of carbonyl (C=O) groups is 1. The molecule has 0 spiro atoms. The van der Waals surface area contributed by atoms with E-state index in [1.807, 2.05) is 20.8 Å². The van der Waals surface area contributed by atoms with Crippen LogP contribution in [-0.2, 0) is 24.2 Å². The third-order valence-corrected chi connectivity index (χ3v) is 6.47. The first-order chi connectivity index (χ1) is 19.4. The van der Waals surface area contributed by atoms with Gasteiger partial charge in [0.25, 0.3) is 0 Å². The average Bonchev–Trinajstić information content (AvgIpc) is 3.36. The number of hydrogen-bond acceptors (Lipinski definition) is 3. The summed E-state index contributed by atoms with van der Waals surface area (Å²) in [5.41, 5.74) is 8.32. The van der Waals surface area contributed by atoms with Gasteiger partial charge in [0.05, 0.1) is 17.6 Å². The number of aromatic nitrogens is 2. The normalized spacial score (nSPS) is 10.3. The smallest absolute Gasteiger partial charge is 0.217 e. The Morgan fingerprint density at radius 2 is 1.55 bits per heavy atom. The van der Waals surface area contributed by atoms with Gasteiger partial charge in [-0.2, -0.15) is 0 Å². The molecule has 216 valence electrons. The first-order valence-electron chi connectivity index (χ1n) is 15.0. The summed E-state index contributed by atoms with van der Waals surface area (Å²) in [6, 6.07) is 21.3. The van der Waals surface area contributed by atoms with Crippen molar-refractivity contribution in [1.29, 1.82) is 0 Å². The lowest BCUT2D eigenvalue weighted by Crippen LogP contribution is -2.18. The van der Waals surface area contributed by atoms with E-state index in [1.54, 1.807) is 6.92 Å². The molecule has 4 rings (SSSR count). The maximum Gasteiger partial charge on any atom is 0.217 e. The number of carbonyl (C=O) groups excluding carboxylic acids is 1. The summed E-state index contributed by atoms with van der Waals surface area (Å²) < 4.78 is 5.83. The highest BCUT2D eigenvalue weighted by Crippen LogP contribution is 2.29. The van der Waals surface area contributed by atoms with Crippen LogP contribution in [-0.4, -0.2) is 22.5 Å². The molecular formula is C35H49N3O2. The Kier molecular flexibility index (Phi) is 14.6. The van der Waals surface area contributed by atoms with Crippen molar-refractivity contribution in [2.24, 2.45) is 0 Å². The van der Waals surface area contributed by atoms with Gasteiger partial charge in [-0.05, 0) is 84.7 Å². The third-order valence-electron chi connectivity index (χ3n) is 6.47. The Hall–Kier alpha value is -3.60. The van der Waals surface area contributed by atoms with E-state index in [-0.39, 0.29) is 5.91 Å². The summed E-state index contributed by atoms with van der Waals surface area (Å²) in [6.07, 6.45) is 6.99. The minimum absolute atomic E-state index is 0.0204. The van der Waals surface area contributed by atoms with Crippen molar-refractivity contribution >= 4 is 16.9 Å². The summed E-state index contributed by atoms with van der Waals surface area (Å²) in [5, 5.41) is 2.79. The number of unbranched alkanes of at least 4 members (excludes halogenated alkanes) is 2. The fourth-order valence-electron chi connectivity index (χ4n) is 4.33. The minimum Gasteiger partial charge on any atom is -0.493 e. The maximum atomic E-state index is 10.7. The lowest BCUT2D eigenvalue weighted by atomic mass is 10.0. The van der Waals surface area contributed by atoms with Gasteiger partial charge in [-0.1, -0.05) is 83.9 Å². The molecule has 0 unspecified atom stereocenters. The molecule has 2 N–H and O–H groups in total. The molecule has 1 heterocycles. The molecule has 3 aromatic carbocycles. The van der Waals surface area contributed by atoms with Gasteiger partial charge in [-0.25, -0.2) is 4.98 Å². The summed E-state index contributed by atoms with van der Waals surface area (Å²) in [7, 11) is 0. The van der Waals surface area contributed by atoms with Crippen LogP contribution >= 0.6 is 0 Å². The third kappa shape index (κ3) is 10.5. The van der Waals surface area contributed by atoms with E-state index in [1.165, 1.54) is 41.5 Å².